The van der Waals surface area contributed by atoms with Crippen molar-refractivity contribution < 1.29 is 0 Å². The van der Waals surface area contributed by atoms with E-state index in [2.05, 4.69) is 36.5 Å². The van der Waals surface area contributed by atoms with Gasteiger partial charge in [0.1, 0.15) is 19.4 Å². The standard InChI is InChI=1S/C18H24BN3/c1-2-3-6-14(19)17-16(15-7-4-5-10-20-15)21-18-12-8-9-13(11-12)22(17)18/h4-5,7,10,12-14H,2-3,6,8-9,11,19H2,1H3. The summed E-state index contributed by atoms with van der Waals surface area (Å²) in [6, 6.07) is 6.86. The summed E-state index contributed by atoms with van der Waals surface area (Å²) in [5.41, 5.74) is 3.65. The molecule has 0 N–H and O–H groups in total. The molecule has 3 unspecified atom stereocenters. The molecule has 1 saturated carbocycles. The first-order chi connectivity index (χ1) is 10.8. The van der Waals surface area contributed by atoms with E-state index < -0.39 is 0 Å². The van der Waals surface area contributed by atoms with Gasteiger partial charge in [-0.15, -0.1) is 0 Å². The zero-order chi connectivity index (χ0) is 15.1. The summed E-state index contributed by atoms with van der Waals surface area (Å²) in [5, 5.41) is 0. The molecule has 3 heterocycles. The number of nitrogens with zero attached hydrogens (tertiary/aromatic N) is 3. The van der Waals surface area contributed by atoms with Gasteiger partial charge in [-0.3, -0.25) is 4.98 Å². The number of imidazole rings is 1. The van der Waals surface area contributed by atoms with Gasteiger partial charge >= 0.3 is 0 Å². The van der Waals surface area contributed by atoms with Crippen molar-refractivity contribution >= 4 is 7.85 Å². The first-order valence-electron chi connectivity index (χ1n) is 8.83. The number of rotatable bonds is 5. The average Bonchev–Trinajstić information content (AvgIpc) is 3.24. The van der Waals surface area contributed by atoms with Crippen LogP contribution in [0.4, 0.5) is 0 Å². The quantitative estimate of drug-likeness (QED) is 0.788. The van der Waals surface area contributed by atoms with Gasteiger partial charge in [-0.2, -0.15) is 0 Å². The van der Waals surface area contributed by atoms with Crippen LogP contribution in [0.5, 0.6) is 0 Å². The van der Waals surface area contributed by atoms with Crippen LogP contribution in [0, 0.1) is 0 Å². The average molecular weight is 293 g/mol. The molecular formula is C18H24BN3. The second kappa shape index (κ2) is 5.56. The summed E-state index contributed by atoms with van der Waals surface area (Å²) in [7, 11) is 2.37. The lowest BCUT2D eigenvalue weighted by Crippen LogP contribution is -2.13. The van der Waals surface area contributed by atoms with Crippen LogP contribution >= 0.6 is 0 Å². The van der Waals surface area contributed by atoms with Gasteiger partial charge in [-0.1, -0.05) is 32.3 Å². The molecule has 4 rings (SSSR count). The maximum Gasteiger partial charge on any atom is 0.113 e. The highest BCUT2D eigenvalue weighted by Crippen LogP contribution is 2.51. The first kappa shape index (κ1) is 14.0. The number of aromatic nitrogens is 3. The Bertz CT molecular complexity index is 664. The molecule has 2 aliphatic rings. The number of hydrogen-bond donors (Lipinski definition) is 0. The van der Waals surface area contributed by atoms with Crippen molar-refractivity contribution in [1.29, 1.82) is 0 Å². The predicted octanol–water partition coefficient (Wildman–Crippen LogP) is 3.63. The second-order valence-electron chi connectivity index (χ2n) is 7.00. The van der Waals surface area contributed by atoms with Crippen molar-refractivity contribution in [2.24, 2.45) is 0 Å². The molecule has 3 nitrogen and oxygen atoms in total. The highest BCUT2D eigenvalue weighted by molar-refractivity contribution is 6.12. The Morgan fingerprint density at radius 3 is 3.05 bits per heavy atom. The predicted molar refractivity (Wildman–Crippen MR) is 91.9 cm³/mol. The summed E-state index contributed by atoms with van der Waals surface area (Å²) >= 11 is 0. The largest absolute Gasteiger partial charge is 0.328 e. The lowest BCUT2D eigenvalue weighted by Gasteiger charge is -2.21. The van der Waals surface area contributed by atoms with E-state index in [9.17, 15) is 0 Å². The third-order valence-corrected chi connectivity index (χ3v) is 5.48. The van der Waals surface area contributed by atoms with E-state index in [4.69, 9.17) is 4.98 Å². The molecular weight excluding hydrogens is 269 g/mol. The third-order valence-electron chi connectivity index (χ3n) is 5.48. The molecule has 0 spiro atoms. The fraction of sp³-hybridized carbons (Fsp3) is 0.556. The molecule has 2 aromatic rings. The summed E-state index contributed by atoms with van der Waals surface area (Å²) in [6.07, 6.45) is 9.66. The van der Waals surface area contributed by atoms with Gasteiger partial charge < -0.3 is 4.57 Å². The molecule has 0 radical (unpaired) electrons. The maximum atomic E-state index is 5.07. The molecule has 1 aliphatic heterocycles. The van der Waals surface area contributed by atoms with E-state index in [1.54, 1.807) is 0 Å². The van der Waals surface area contributed by atoms with Crippen molar-refractivity contribution in [3.8, 4) is 11.4 Å². The summed E-state index contributed by atoms with van der Waals surface area (Å²) in [6.45, 7) is 2.27. The Morgan fingerprint density at radius 2 is 2.27 bits per heavy atom. The lowest BCUT2D eigenvalue weighted by atomic mass is 9.79. The minimum Gasteiger partial charge on any atom is -0.328 e. The van der Waals surface area contributed by atoms with Crippen LogP contribution in [0.2, 0.25) is 0 Å². The summed E-state index contributed by atoms with van der Waals surface area (Å²) < 4.78 is 2.60. The van der Waals surface area contributed by atoms with Gasteiger partial charge in [0.15, 0.2) is 0 Å². The molecule has 114 valence electrons. The SMILES string of the molecule is BC(CCCC)c1c(-c2ccccn2)nc2n1C1CCC2C1. The Morgan fingerprint density at radius 1 is 1.36 bits per heavy atom. The van der Waals surface area contributed by atoms with Crippen LogP contribution < -0.4 is 0 Å². The van der Waals surface area contributed by atoms with Crippen LogP contribution in [-0.4, -0.2) is 22.4 Å². The molecule has 4 heteroatoms. The maximum absolute atomic E-state index is 5.07. The third kappa shape index (κ3) is 2.12. The van der Waals surface area contributed by atoms with E-state index in [0.717, 1.165) is 11.4 Å². The Kier molecular flexibility index (Phi) is 3.55. The van der Waals surface area contributed by atoms with Crippen LogP contribution in [0.25, 0.3) is 11.4 Å². The fourth-order valence-corrected chi connectivity index (χ4v) is 4.37. The fourth-order valence-electron chi connectivity index (χ4n) is 4.37. The van der Waals surface area contributed by atoms with Crippen LogP contribution in [0.3, 0.4) is 0 Å². The topological polar surface area (TPSA) is 30.7 Å². The van der Waals surface area contributed by atoms with Crippen molar-refractivity contribution in [3.05, 3.63) is 35.9 Å². The van der Waals surface area contributed by atoms with Gasteiger partial charge in [0.25, 0.3) is 0 Å². The monoisotopic (exact) mass is 293 g/mol. The van der Waals surface area contributed by atoms with Gasteiger partial charge in [0.2, 0.25) is 0 Å². The molecule has 22 heavy (non-hydrogen) atoms. The molecule has 2 aromatic heterocycles. The van der Waals surface area contributed by atoms with Crippen molar-refractivity contribution in [2.75, 3.05) is 0 Å². The Balaban J connectivity index is 1.81. The number of fused-ring (bicyclic) bond motifs is 5. The summed E-state index contributed by atoms with van der Waals surface area (Å²) in [4.78, 5) is 9.65. The second-order valence-corrected chi connectivity index (χ2v) is 7.00. The molecule has 1 fully saturated rings. The Labute approximate surface area is 133 Å². The Hall–Kier alpha value is -1.58. The molecule has 0 amide bonds. The zero-order valence-corrected chi connectivity index (χ0v) is 13.6. The van der Waals surface area contributed by atoms with E-state index >= 15 is 0 Å². The van der Waals surface area contributed by atoms with Gasteiger partial charge in [0, 0.05) is 23.9 Å². The number of pyridine rings is 1. The lowest BCUT2D eigenvalue weighted by molar-refractivity contribution is 0.500. The van der Waals surface area contributed by atoms with E-state index in [1.165, 1.54) is 50.0 Å². The normalized spacial score (nSPS) is 23.7. The van der Waals surface area contributed by atoms with Gasteiger partial charge in [-0.05, 0) is 37.2 Å². The molecule has 0 aromatic carbocycles. The smallest absolute Gasteiger partial charge is 0.113 e. The van der Waals surface area contributed by atoms with Crippen molar-refractivity contribution in [3.63, 3.8) is 0 Å². The zero-order valence-electron chi connectivity index (χ0n) is 13.6. The highest BCUT2D eigenvalue weighted by atomic mass is 15.2. The van der Waals surface area contributed by atoms with E-state index in [0.29, 0.717) is 17.8 Å². The molecule has 1 aliphatic carbocycles. The molecule has 3 atom stereocenters. The van der Waals surface area contributed by atoms with Gasteiger partial charge in [0.05, 0.1) is 5.69 Å². The van der Waals surface area contributed by atoms with E-state index in [-0.39, 0.29) is 0 Å². The minimum atomic E-state index is 0.567. The van der Waals surface area contributed by atoms with Crippen molar-refractivity contribution in [2.45, 2.75) is 63.2 Å². The minimum absolute atomic E-state index is 0.567. The first-order valence-corrected chi connectivity index (χ1v) is 8.83. The molecule has 0 saturated heterocycles. The van der Waals surface area contributed by atoms with Crippen LogP contribution in [-0.2, 0) is 0 Å². The number of unbranched alkanes of at least 4 members (excludes halogenated alkanes) is 1. The summed E-state index contributed by atoms with van der Waals surface area (Å²) in [5.74, 6) is 2.60. The van der Waals surface area contributed by atoms with Gasteiger partial charge in [-0.25, -0.2) is 4.98 Å². The molecule has 2 bridgehead atoms. The van der Waals surface area contributed by atoms with Crippen LogP contribution in [0.1, 0.15) is 74.7 Å². The van der Waals surface area contributed by atoms with E-state index in [1.807, 2.05) is 12.3 Å². The highest BCUT2D eigenvalue weighted by Gasteiger charge is 2.41. The van der Waals surface area contributed by atoms with Crippen molar-refractivity contribution in [1.82, 2.24) is 14.5 Å². The van der Waals surface area contributed by atoms with Crippen LogP contribution in [0.15, 0.2) is 24.4 Å². The number of hydrogen-bond acceptors (Lipinski definition) is 2.